The molecule has 4 rings (SSSR count). The summed E-state index contributed by atoms with van der Waals surface area (Å²) in [6.45, 7) is 6.31. The number of hydrogen-bond donors (Lipinski definition) is 1. The maximum atomic E-state index is 11.9. The topological polar surface area (TPSA) is 88.3 Å². The summed E-state index contributed by atoms with van der Waals surface area (Å²) in [5, 5.41) is 0. The maximum Gasteiger partial charge on any atom is 0.311 e. The Bertz CT molecular complexity index is 718. The maximum absolute atomic E-state index is 11.9. The quantitative estimate of drug-likeness (QED) is 0.750. The summed E-state index contributed by atoms with van der Waals surface area (Å²) in [5.41, 5.74) is 6.37. The van der Waals surface area contributed by atoms with Crippen molar-refractivity contribution >= 4 is 11.8 Å². The van der Waals surface area contributed by atoms with Crippen LogP contribution in [0.4, 0.5) is 0 Å². The SMILES string of the molecule is NC(=O)C(=O)N1CCC[C@H](N2CCN(Cc3ccc4c(c3)OCO4)CC2)C1. The van der Waals surface area contributed by atoms with Gasteiger partial charge in [-0.15, -0.1) is 0 Å². The van der Waals surface area contributed by atoms with Crippen molar-refractivity contribution in [1.29, 1.82) is 0 Å². The zero-order valence-corrected chi connectivity index (χ0v) is 15.4. The molecule has 0 aliphatic carbocycles. The van der Waals surface area contributed by atoms with Gasteiger partial charge >= 0.3 is 11.8 Å². The van der Waals surface area contributed by atoms with Crippen LogP contribution in [0.15, 0.2) is 18.2 Å². The molecule has 8 nitrogen and oxygen atoms in total. The third kappa shape index (κ3) is 4.01. The smallest absolute Gasteiger partial charge is 0.311 e. The molecule has 2 saturated heterocycles. The van der Waals surface area contributed by atoms with Crippen LogP contribution in [0.1, 0.15) is 18.4 Å². The fourth-order valence-corrected chi connectivity index (χ4v) is 4.18. The number of benzene rings is 1. The highest BCUT2D eigenvalue weighted by molar-refractivity contribution is 6.34. The van der Waals surface area contributed by atoms with E-state index in [0.717, 1.165) is 57.1 Å². The van der Waals surface area contributed by atoms with Crippen LogP contribution in [0.5, 0.6) is 11.5 Å². The van der Waals surface area contributed by atoms with Crippen LogP contribution < -0.4 is 15.2 Å². The van der Waals surface area contributed by atoms with E-state index in [9.17, 15) is 9.59 Å². The fraction of sp³-hybridized carbons (Fsp3) is 0.579. The fourth-order valence-electron chi connectivity index (χ4n) is 4.18. The summed E-state index contributed by atoms with van der Waals surface area (Å²) in [6.07, 6.45) is 1.98. The van der Waals surface area contributed by atoms with Gasteiger partial charge < -0.3 is 20.1 Å². The molecule has 0 unspecified atom stereocenters. The monoisotopic (exact) mass is 374 g/mol. The van der Waals surface area contributed by atoms with Gasteiger partial charge in [0.2, 0.25) is 6.79 Å². The summed E-state index contributed by atoms with van der Waals surface area (Å²) < 4.78 is 10.8. The number of rotatable bonds is 3. The second-order valence-corrected chi connectivity index (χ2v) is 7.41. The van der Waals surface area contributed by atoms with E-state index in [1.165, 1.54) is 5.56 Å². The van der Waals surface area contributed by atoms with Crippen LogP contribution in [-0.4, -0.2) is 78.6 Å². The Balaban J connectivity index is 1.28. The van der Waals surface area contributed by atoms with Crippen LogP contribution >= 0.6 is 0 Å². The summed E-state index contributed by atoms with van der Waals surface area (Å²) in [6, 6.07) is 6.44. The highest BCUT2D eigenvalue weighted by atomic mass is 16.7. The van der Waals surface area contributed by atoms with Crippen LogP contribution in [0.25, 0.3) is 0 Å². The lowest BCUT2D eigenvalue weighted by Crippen LogP contribution is -2.56. The first kappa shape index (κ1) is 18.1. The van der Waals surface area contributed by atoms with Gasteiger partial charge in [0.05, 0.1) is 0 Å². The number of ether oxygens (including phenoxy) is 2. The number of amides is 2. The number of piperazine rings is 1. The first-order valence-electron chi connectivity index (χ1n) is 9.54. The van der Waals surface area contributed by atoms with Crippen LogP contribution in [-0.2, 0) is 16.1 Å². The van der Waals surface area contributed by atoms with Crippen molar-refractivity contribution in [2.75, 3.05) is 46.1 Å². The molecule has 1 aromatic rings. The van der Waals surface area contributed by atoms with Gasteiger partial charge in [0.25, 0.3) is 0 Å². The molecule has 0 saturated carbocycles. The van der Waals surface area contributed by atoms with Crippen molar-refractivity contribution in [3.05, 3.63) is 23.8 Å². The normalized spacial score (nSPS) is 23.4. The lowest BCUT2D eigenvalue weighted by atomic mass is 10.0. The molecule has 1 atom stereocenters. The summed E-state index contributed by atoms with van der Waals surface area (Å²) in [4.78, 5) is 29.5. The number of hydrogen-bond acceptors (Lipinski definition) is 6. The molecule has 3 heterocycles. The van der Waals surface area contributed by atoms with Crippen molar-refractivity contribution in [2.24, 2.45) is 5.73 Å². The minimum Gasteiger partial charge on any atom is -0.454 e. The zero-order valence-electron chi connectivity index (χ0n) is 15.4. The summed E-state index contributed by atoms with van der Waals surface area (Å²) in [7, 11) is 0. The van der Waals surface area contributed by atoms with Gasteiger partial charge in [-0.3, -0.25) is 19.4 Å². The van der Waals surface area contributed by atoms with E-state index in [2.05, 4.69) is 21.9 Å². The molecular formula is C19H26N4O4. The van der Waals surface area contributed by atoms with E-state index in [1.807, 2.05) is 6.07 Å². The average Bonchev–Trinajstić information content (AvgIpc) is 3.16. The van der Waals surface area contributed by atoms with Gasteiger partial charge in [-0.05, 0) is 30.5 Å². The number of fused-ring (bicyclic) bond motifs is 1. The first-order chi connectivity index (χ1) is 13.1. The van der Waals surface area contributed by atoms with E-state index in [1.54, 1.807) is 4.90 Å². The van der Waals surface area contributed by atoms with Crippen LogP contribution in [0, 0.1) is 0 Å². The lowest BCUT2D eigenvalue weighted by Gasteiger charge is -2.43. The Morgan fingerprint density at radius 2 is 1.85 bits per heavy atom. The Hall–Kier alpha value is -2.32. The van der Waals surface area contributed by atoms with Crippen LogP contribution in [0.2, 0.25) is 0 Å². The van der Waals surface area contributed by atoms with Gasteiger partial charge in [-0.2, -0.15) is 0 Å². The molecule has 27 heavy (non-hydrogen) atoms. The molecule has 1 aromatic carbocycles. The molecular weight excluding hydrogens is 348 g/mol. The number of likely N-dealkylation sites (tertiary alicyclic amines) is 1. The largest absolute Gasteiger partial charge is 0.454 e. The Morgan fingerprint density at radius 3 is 2.63 bits per heavy atom. The Labute approximate surface area is 158 Å². The van der Waals surface area contributed by atoms with E-state index in [0.29, 0.717) is 25.9 Å². The number of carbonyl (C=O) groups is 2. The lowest BCUT2D eigenvalue weighted by molar-refractivity contribution is -0.145. The molecule has 0 bridgehead atoms. The third-order valence-corrected chi connectivity index (χ3v) is 5.66. The molecule has 8 heteroatoms. The number of carbonyl (C=O) groups excluding carboxylic acids is 2. The van der Waals surface area contributed by atoms with E-state index < -0.39 is 11.8 Å². The van der Waals surface area contributed by atoms with Crippen molar-refractivity contribution in [3.63, 3.8) is 0 Å². The highest BCUT2D eigenvalue weighted by Gasteiger charge is 2.31. The zero-order chi connectivity index (χ0) is 18.8. The number of primary amides is 1. The summed E-state index contributed by atoms with van der Waals surface area (Å²) in [5.74, 6) is 0.230. The van der Waals surface area contributed by atoms with Crippen molar-refractivity contribution in [2.45, 2.75) is 25.4 Å². The van der Waals surface area contributed by atoms with Crippen molar-refractivity contribution in [3.8, 4) is 11.5 Å². The second kappa shape index (κ2) is 7.74. The van der Waals surface area contributed by atoms with Gasteiger partial charge in [0, 0.05) is 51.9 Å². The van der Waals surface area contributed by atoms with Gasteiger partial charge in [-0.25, -0.2) is 0 Å². The minimum atomic E-state index is -0.857. The van der Waals surface area contributed by atoms with Crippen molar-refractivity contribution < 1.29 is 19.1 Å². The molecule has 0 radical (unpaired) electrons. The Kier molecular flexibility index (Phi) is 5.18. The molecule has 2 fully saturated rings. The minimum absolute atomic E-state index is 0.300. The average molecular weight is 374 g/mol. The Morgan fingerprint density at radius 1 is 1.07 bits per heavy atom. The van der Waals surface area contributed by atoms with E-state index in [-0.39, 0.29) is 0 Å². The third-order valence-electron chi connectivity index (χ3n) is 5.66. The number of nitrogens with two attached hydrogens (primary N) is 1. The van der Waals surface area contributed by atoms with E-state index >= 15 is 0 Å². The van der Waals surface area contributed by atoms with Gasteiger partial charge in [0.1, 0.15) is 0 Å². The van der Waals surface area contributed by atoms with Crippen molar-refractivity contribution in [1.82, 2.24) is 14.7 Å². The number of nitrogens with zero attached hydrogens (tertiary/aromatic N) is 3. The van der Waals surface area contributed by atoms with E-state index in [4.69, 9.17) is 15.2 Å². The summed E-state index contributed by atoms with van der Waals surface area (Å²) >= 11 is 0. The first-order valence-corrected chi connectivity index (χ1v) is 9.54. The van der Waals surface area contributed by atoms with Crippen LogP contribution in [0.3, 0.4) is 0 Å². The molecule has 0 aromatic heterocycles. The molecule has 0 spiro atoms. The predicted molar refractivity (Wildman–Crippen MR) is 98.2 cm³/mol. The molecule has 2 N–H and O–H groups in total. The second-order valence-electron chi connectivity index (χ2n) is 7.41. The number of piperidine rings is 1. The standard InChI is InChI=1S/C19H26N4O4/c20-18(24)19(25)23-5-1-2-15(12-23)22-8-6-21(7-9-22)11-14-3-4-16-17(10-14)27-13-26-16/h3-4,10,15H,1-2,5-9,11-13H2,(H2,20,24)/t15-/m0/s1. The highest BCUT2D eigenvalue weighted by Crippen LogP contribution is 2.33. The molecule has 3 aliphatic rings. The predicted octanol–water partition coefficient (Wildman–Crippen LogP) is 0.00920. The molecule has 3 aliphatic heterocycles. The molecule has 146 valence electrons. The van der Waals surface area contributed by atoms with Gasteiger partial charge in [0.15, 0.2) is 11.5 Å². The molecule has 2 amide bonds. The van der Waals surface area contributed by atoms with Gasteiger partial charge in [-0.1, -0.05) is 6.07 Å².